The number of amides is 1. The molecule has 2 aromatic carbocycles. The second-order valence-corrected chi connectivity index (χ2v) is 8.25. The van der Waals surface area contributed by atoms with E-state index in [-0.39, 0.29) is 35.7 Å². The molecule has 29 heavy (non-hydrogen) atoms. The third kappa shape index (κ3) is 4.04. The number of aromatic nitrogens is 1. The summed E-state index contributed by atoms with van der Waals surface area (Å²) in [6.07, 6.45) is 2.43. The molecule has 0 bridgehead atoms. The van der Waals surface area contributed by atoms with Crippen molar-refractivity contribution in [3.8, 4) is 11.1 Å². The molecule has 0 saturated carbocycles. The molecule has 1 aromatic heterocycles. The fourth-order valence-corrected chi connectivity index (χ4v) is 3.77. The maximum atomic E-state index is 12.9. The van der Waals surface area contributed by atoms with Gasteiger partial charge in [0.25, 0.3) is 5.91 Å². The summed E-state index contributed by atoms with van der Waals surface area (Å²) in [5.41, 5.74) is 3.44. The zero-order chi connectivity index (χ0) is 19.9. The molecule has 1 aliphatic carbocycles. The van der Waals surface area contributed by atoms with E-state index in [1.165, 1.54) is 6.20 Å². The highest BCUT2D eigenvalue weighted by Crippen LogP contribution is 2.39. The summed E-state index contributed by atoms with van der Waals surface area (Å²) in [5, 5.41) is 4.54. The van der Waals surface area contributed by atoms with Crippen LogP contribution in [0.5, 0.6) is 0 Å². The van der Waals surface area contributed by atoms with E-state index >= 15 is 0 Å². The van der Waals surface area contributed by atoms with Crippen LogP contribution in [0.15, 0.2) is 48.7 Å². The molecular weight excluding hydrogens is 477 g/mol. The molecule has 1 aliphatic rings. The van der Waals surface area contributed by atoms with Gasteiger partial charge in [0.2, 0.25) is 5.78 Å². The van der Waals surface area contributed by atoms with Gasteiger partial charge in [0.15, 0.2) is 0 Å². The van der Waals surface area contributed by atoms with Crippen molar-refractivity contribution < 1.29 is 38.0 Å². The second-order valence-electron chi connectivity index (χ2n) is 8.25. The first kappa shape index (κ1) is 21.4. The Kier molecular flexibility index (Phi) is 6.05. The second kappa shape index (κ2) is 8.20. The van der Waals surface area contributed by atoms with E-state index in [1.807, 2.05) is 42.5 Å². The van der Waals surface area contributed by atoms with Crippen LogP contribution in [-0.2, 0) is 0 Å². The Hall–Kier alpha value is -2.32. The van der Waals surface area contributed by atoms with Crippen LogP contribution in [0.25, 0.3) is 21.9 Å². The van der Waals surface area contributed by atoms with E-state index in [1.54, 1.807) is 0 Å². The van der Waals surface area contributed by atoms with E-state index < -0.39 is 0 Å². The van der Waals surface area contributed by atoms with E-state index in [0.717, 1.165) is 39.3 Å². The Bertz CT molecular complexity index is 1100. The number of rotatable bonds is 5. The number of carbonyl (C=O) groups is 2. The number of ketones is 1. The SMILES string of the molecule is C[N+](C)(C)CCCNC(=O)c1cnc2c3c(cccc13)-c1ccccc1C2=O.[I-]. The molecule has 0 fully saturated rings. The zero-order valence-corrected chi connectivity index (χ0v) is 19.0. The van der Waals surface area contributed by atoms with Gasteiger partial charge < -0.3 is 33.8 Å². The Morgan fingerprint density at radius 3 is 2.41 bits per heavy atom. The lowest BCUT2D eigenvalue weighted by Gasteiger charge is -2.23. The highest BCUT2D eigenvalue weighted by molar-refractivity contribution is 6.26. The number of carbonyl (C=O) groups excluding carboxylic acids is 2. The average molecular weight is 501 g/mol. The van der Waals surface area contributed by atoms with Crippen LogP contribution in [0, 0.1) is 0 Å². The first-order chi connectivity index (χ1) is 13.4. The summed E-state index contributed by atoms with van der Waals surface area (Å²) >= 11 is 0. The van der Waals surface area contributed by atoms with Gasteiger partial charge in [0, 0.05) is 30.1 Å². The molecule has 5 nitrogen and oxygen atoms in total. The molecule has 0 unspecified atom stereocenters. The van der Waals surface area contributed by atoms with Crippen LogP contribution in [0.2, 0.25) is 0 Å². The van der Waals surface area contributed by atoms with Gasteiger partial charge in [0.05, 0.1) is 33.3 Å². The van der Waals surface area contributed by atoms with Crippen LogP contribution < -0.4 is 29.3 Å². The van der Waals surface area contributed by atoms with Gasteiger partial charge in [0.1, 0.15) is 5.69 Å². The number of halogens is 1. The number of fused-ring (bicyclic) bond motifs is 2. The Morgan fingerprint density at radius 1 is 1.00 bits per heavy atom. The van der Waals surface area contributed by atoms with Crippen molar-refractivity contribution in [1.82, 2.24) is 10.3 Å². The van der Waals surface area contributed by atoms with E-state index in [9.17, 15) is 9.59 Å². The van der Waals surface area contributed by atoms with Gasteiger partial charge in [-0.3, -0.25) is 14.6 Å². The molecule has 1 heterocycles. The predicted molar refractivity (Wildman–Crippen MR) is 110 cm³/mol. The largest absolute Gasteiger partial charge is 1.00 e. The maximum Gasteiger partial charge on any atom is 0.253 e. The summed E-state index contributed by atoms with van der Waals surface area (Å²) in [5.74, 6) is -0.238. The van der Waals surface area contributed by atoms with Crippen LogP contribution >= 0.6 is 0 Å². The molecule has 3 aromatic rings. The lowest BCUT2D eigenvalue weighted by molar-refractivity contribution is -0.870. The van der Waals surface area contributed by atoms with E-state index in [0.29, 0.717) is 23.4 Å². The molecule has 0 saturated heterocycles. The molecule has 6 heteroatoms. The number of quaternary nitrogens is 1. The number of hydrogen-bond donors (Lipinski definition) is 1. The summed E-state index contributed by atoms with van der Waals surface area (Å²) < 4.78 is 0.861. The molecule has 0 spiro atoms. The number of benzene rings is 2. The average Bonchev–Trinajstić information content (AvgIpc) is 2.68. The molecule has 0 atom stereocenters. The Balaban J connectivity index is 0.00000240. The third-order valence-corrected chi connectivity index (χ3v) is 5.13. The zero-order valence-electron chi connectivity index (χ0n) is 16.8. The van der Waals surface area contributed by atoms with Crippen LogP contribution in [0.1, 0.15) is 32.8 Å². The van der Waals surface area contributed by atoms with Crippen molar-refractivity contribution in [2.24, 2.45) is 0 Å². The molecule has 1 amide bonds. The van der Waals surface area contributed by atoms with Gasteiger partial charge in [-0.1, -0.05) is 42.5 Å². The van der Waals surface area contributed by atoms with Crippen LogP contribution in [0.3, 0.4) is 0 Å². The summed E-state index contributed by atoms with van der Waals surface area (Å²) in [4.78, 5) is 30.1. The minimum atomic E-state index is -0.149. The molecule has 4 rings (SSSR count). The van der Waals surface area contributed by atoms with Crippen molar-refractivity contribution in [2.45, 2.75) is 6.42 Å². The predicted octanol–water partition coefficient (Wildman–Crippen LogP) is 0.276. The van der Waals surface area contributed by atoms with Gasteiger partial charge in [-0.2, -0.15) is 0 Å². The number of nitrogens with zero attached hydrogens (tertiary/aromatic N) is 2. The van der Waals surface area contributed by atoms with Gasteiger partial charge >= 0.3 is 0 Å². The van der Waals surface area contributed by atoms with Crippen LogP contribution in [-0.4, -0.2) is 55.4 Å². The van der Waals surface area contributed by atoms with Crippen LogP contribution in [0.4, 0.5) is 0 Å². The van der Waals surface area contributed by atoms with Crippen molar-refractivity contribution in [3.05, 3.63) is 65.5 Å². The molecule has 1 N–H and O–H groups in total. The van der Waals surface area contributed by atoms with E-state index in [2.05, 4.69) is 31.4 Å². The minimum Gasteiger partial charge on any atom is -1.00 e. The fourth-order valence-electron chi connectivity index (χ4n) is 3.77. The number of nitrogens with one attached hydrogen (secondary N) is 1. The monoisotopic (exact) mass is 501 g/mol. The fraction of sp³-hybridized carbons (Fsp3) is 0.261. The highest BCUT2D eigenvalue weighted by Gasteiger charge is 2.27. The highest BCUT2D eigenvalue weighted by atomic mass is 127. The normalized spacial score (nSPS) is 12.3. The standard InChI is InChI=1S/C23H23N3O2.HI/c1-26(2,3)13-7-12-24-23(28)19-14-25-21-20-16(10-6-11-17(19)20)15-8-4-5-9-18(15)22(21)27;/h4-6,8-11,14H,7,12-13H2,1-3H3;1H. The summed E-state index contributed by atoms with van der Waals surface area (Å²) in [6, 6.07) is 13.4. The van der Waals surface area contributed by atoms with Crippen molar-refractivity contribution in [1.29, 1.82) is 0 Å². The Morgan fingerprint density at radius 2 is 1.69 bits per heavy atom. The van der Waals surface area contributed by atoms with Gasteiger partial charge in [-0.15, -0.1) is 0 Å². The third-order valence-electron chi connectivity index (χ3n) is 5.13. The molecular formula is C23H24IN3O2. The van der Waals surface area contributed by atoms with Crippen molar-refractivity contribution in [3.63, 3.8) is 0 Å². The van der Waals surface area contributed by atoms with E-state index in [4.69, 9.17) is 0 Å². The number of pyridine rings is 1. The molecule has 0 radical (unpaired) electrons. The Labute approximate surface area is 187 Å². The van der Waals surface area contributed by atoms with Gasteiger partial charge in [-0.25, -0.2) is 0 Å². The first-order valence-electron chi connectivity index (χ1n) is 9.51. The quantitative estimate of drug-likeness (QED) is 0.243. The maximum absolute atomic E-state index is 12.9. The lowest BCUT2D eigenvalue weighted by atomic mass is 9.84. The van der Waals surface area contributed by atoms with Gasteiger partial charge in [-0.05, 0) is 16.5 Å². The smallest absolute Gasteiger partial charge is 0.253 e. The van der Waals surface area contributed by atoms with Crippen molar-refractivity contribution >= 4 is 22.5 Å². The summed E-state index contributed by atoms with van der Waals surface area (Å²) in [6.45, 7) is 1.59. The first-order valence-corrected chi connectivity index (χ1v) is 9.51. The lowest BCUT2D eigenvalue weighted by Crippen LogP contribution is -3.00. The number of hydrogen-bond acceptors (Lipinski definition) is 3. The summed E-state index contributed by atoms with van der Waals surface area (Å²) in [7, 11) is 6.40. The van der Waals surface area contributed by atoms with Crippen molar-refractivity contribution in [2.75, 3.05) is 34.2 Å². The molecule has 0 aliphatic heterocycles. The topological polar surface area (TPSA) is 59.1 Å². The minimum absolute atomic E-state index is 0. The molecule has 150 valence electrons.